The van der Waals surface area contributed by atoms with E-state index in [-0.39, 0.29) is 6.61 Å². The Morgan fingerprint density at radius 2 is 2.10 bits per heavy atom. The number of aromatic amines is 1. The zero-order valence-electron chi connectivity index (χ0n) is 11.4. The van der Waals surface area contributed by atoms with Crippen LogP contribution < -0.4 is 5.32 Å². The lowest BCUT2D eigenvalue weighted by Crippen LogP contribution is -2.32. The van der Waals surface area contributed by atoms with Gasteiger partial charge in [-0.1, -0.05) is 13.8 Å². The third-order valence-electron chi connectivity index (χ3n) is 2.40. The summed E-state index contributed by atoms with van der Waals surface area (Å²) >= 11 is 0. The molecule has 0 unspecified atom stereocenters. The van der Waals surface area contributed by atoms with Crippen molar-refractivity contribution in [2.45, 2.75) is 39.3 Å². The van der Waals surface area contributed by atoms with E-state index < -0.39 is 19.0 Å². The van der Waals surface area contributed by atoms with E-state index in [1.807, 2.05) is 0 Å². The van der Waals surface area contributed by atoms with E-state index in [4.69, 9.17) is 0 Å². The summed E-state index contributed by atoms with van der Waals surface area (Å²) in [6.07, 6.45) is -2.17. The van der Waals surface area contributed by atoms with Crippen LogP contribution in [0.2, 0.25) is 0 Å². The molecule has 0 aliphatic rings. The SMILES string of the molecule is CC(C)CNCc1cnc(COCC(F)(F)C(F)F)[nH]1. The van der Waals surface area contributed by atoms with Crippen molar-refractivity contribution in [2.24, 2.45) is 5.92 Å². The molecule has 0 saturated carbocycles. The number of nitrogens with zero attached hydrogens (tertiary/aromatic N) is 1. The summed E-state index contributed by atoms with van der Waals surface area (Å²) in [6, 6.07) is 0. The third-order valence-corrected chi connectivity index (χ3v) is 2.40. The lowest BCUT2D eigenvalue weighted by Gasteiger charge is -2.14. The Hall–Kier alpha value is -1.15. The first-order chi connectivity index (χ1) is 9.31. The van der Waals surface area contributed by atoms with Gasteiger partial charge < -0.3 is 15.0 Å². The first-order valence-electron chi connectivity index (χ1n) is 6.28. The molecule has 4 nitrogen and oxygen atoms in total. The molecule has 1 heterocycles. The fourth-order valence-electron chi connectivity index (χ4n) is 1.41. The molecule has 2 N–H and O–H groups in total. The van der Waals surface area contributed by atoms with Crippen LogP contribution in [0, 0.1) is 5.92 Å². The average Bonchev–Trinajstić information content (AvgIpc) is 2.76. The molecule has 1 aromatic rings. The fraction of sp³-hybridized carbons (Fsp3) is 0.750. The molecule has 0 aromatic carbocycles. The van der Waals surface area contributed by atoms with Crippen LogP contribution in [0.5, 0.6) is 0 Å². The van der Waals surface area contributed by atoms with Crippen LogP contribution in [0.3, 0.4) is 0 Å². The number of alkyl halides is 4. The molecule has 0 radical (unpaired) electrons. The van der Waals surface area contributed by atoms with Crippen molar-refractivity contribution >= 4 is 0 Å². The van der Waals surface area contributed by atoms with Gasteiger partial charge in [-0.25, -0.2) is 13.8 Å². The Bertz CT molecular complexity index is 396. The maximum Gasteiger partial charge on any atom is 0.330 e. The summed E-state index contributed by atoms with van der Waals surface area (Å²) < 4.78 is 53.5. The largest absolute Gasteiger partial charge is 0.367 e. The molecule has 116 valence electrons. The average molecular weight is 297 g/mol. The number of halogens is 4. The van der Waals surface area contributed by atoms with Crippen LogP contribution in [0.1, 0.15) is 25.4 Å². The van der Waals surface area contributed by atoms with Gasteiger partial charge in [0.2, 0.25) is 0 Å². The first kappa shape index (κ1) is 16.9. The molecule has 0 aliphatic heterocycles. The monoisotopic (exact) mass is 297 g/mol. The predicted molar refractivity (Wildman–Crippen MR) is 65.7 cm³/mol. The van der Waals surface area contributed by atoms with E-state index in [0.29, 0.717) is 18.3 Å². The molecular formula is C12H19F4N3O. The van der Waals surface area contributed by atoms with Crippen molar-refractivity contribution in [3.05, 3.63) is 17.7 Å². The van der Waals surface area contributed by atoms with E-state index in [2.05, 4.69) is 33.9 Å². The normalized spacial score (nSPS) is 12.6. The van der Waals surface area contributed by atoms with Crippen LogP contribution in [0.15, 0.2) is 6.20 Å². The second-order valence-electron chi connectivity index (χ2n) is 4.93. The van der Waals surface area contributed by atoms with Gasteiger partial charge in [-0.3, -0.25) is 0 Å². The molecule has 8 heteroatoms. The third kappa shape index (κ3) is 5.87. The molecule has 0 spiro atoms. The summed E-state index contributed by atoms with van der Waals surface area (Å²) in [4.78, 5) is 6.80. The Balaban J connectivity index is 2.30. The topological polar surface area (TPSA) is 49.9 Å². The standard InChI is InChI=1S/C12H19F4N3O/c1-8(2)3-17-4-9-5-18-10(19-9)6-20-7-12(15,16)11(13)14/h5,8,11,17H,3-4,6-7H2,1-2H3,(H,18,19). The van der Waals surface area contributed by atoms with Crippen LogP contribution in [-0.4, -0.2) is 35.5 Å². The minimum atomic E-state index is -4.13. The van der Waals surface area contributed by atoms with Crippen LogP contribution in [0.4, 0.5) is 17.6 Å². The number of aromatic nitrogens is 2. The molecule has 0 atom stereocenters. The highest BCUT2D eigenvalue weighted by Crippen LogP contribution is 2.23. The second-order valence-corrected chi connectivity index (χ2v) is 4.93. The molecule has 0 saturated heterocycles. The van der Waals surface area contributed by atoms with Crippen LogP contribution in [-0.2, 0) is 17.9 Å². The molecular weight excluding hydrogens is 278 g/mol. The van der Waals surface area contributed by atoms with Gasteiger partial charge >= 0.3 is 12.3 Å². The first-order valence-corrected chi connectivity index (χ1v) is 6.28. The van der Waals surface area contributed by atoms with Crippen LogP contribution >= 0.6 is 0 Å². The van der Waals surface area contributed by atoms with Gasteiger partial charge in [-0.15, -0.1) is 0 Å². The van der Waals surface area contributed by atoms with E-state index >= 15 is 0 Å². The molecule has 0 amide bonds. The molecule has 0 fully saturated rings. The van der Waals surface area contributed by atoms with Gasteiger partial charge in [0.1, 0.15) is 19.0 Å². The van der Waals surface area contributed by atoms with Gasteiger partial charge in [0.05, 0.1) is 0 Å². The highest BCUT2D eigenvalue weighted by atomic mass is 19.3. The van der Waals surface area contributed by atoms with Gasteiger partial charge in [0.25, 0.3) is 0 Å². The Morgan fingerprint density at radius 1 is 1.40 bits per heavy atom. The smallest absolute Gasteiger partial charge is 0.330 e. The Labute approximate surface area is 114 Å². The number of nitrogens with one attached hydrogen (secondary N) is 2. The minimum absolute atomic E-state index is 0.257. The highest BCUT2D eigenvalue weighted by Gasteiger charge is 2.40. The molecule has 20 heavy (non-hydrogen) atoms. The number of hydrogen-bond donors (Lipinski definition) is 2. The van der Waals surface area contributed by atoms with E-state index in [0.717, 1.165) is 12.2 Å². The molecule has 1 rings (SSSR count). The molecule has 0 bridgehead atoms. The van der Waals surface area contributed by atoms with Gasteiger partial charge in [-0.2, -0.15) is 8.78 Å². The predicted octanol–water partition coefficient (Wildman–Crippen LogP) is 2.57. The summed E-state index contributed by atoms with van der Waals surface area (Å²) in [5.74, 6) is -3.29. The van der Waals surface area contributed by atoms with Gasteiger partial charge in [0.15, 0.2) is 0 Å². The van der Waals surface area contributed by atoms with Crippen molar-refractivity contribution in [1.82, 2.24) is 15.3 Å². The van der Waals surface area contributed by atoms with Crippen molar-refractivity contribution in [3.8, 4) is 0 Å². The summed E-state index contributed by atoms with van der Waals surface area (Å²) in [5, 5.41) is 3.18. The lowest BCUT2D eigenvalue weighted by molar-refractivity contribution is -0.168. The van der Waals surface area contributed by atoms with E-state index in [9.17, 15) is 17.6 Å². The second kappa shape index (κ2) is 7.58. The van der Waals surface area contributed by atoms with Crippen molar-refractivity contribution in [3.63, 3.8) is 0 Å². The minimum Gasteiger partial charge on any atom is -0.367 e. The van der Waals surface area contributed by atoms with Crippen molar-refractivity contribution in [2.75, 3.05) is 13.2 Å². The number of rotatable bonds is 9. The zero-order chi connectivity index (χ0) is 15.2. The Morgan fingerprint density at radius 3 is 2.70 bits per heavy atom. The number of imidazole rings is 1. The van der Waals surface area contributed by atoms with Crippen molar-refractivity contribution in [1.29, 1.82) is 0 Å². The summed E-state index contributed by atoms with van der Waals surface area (Å²) in [6.45, 7) is 3.97. The quantitative estimate of drug-likeness (QED) is 0.689. The summed E-state index contributed by atoms with van der Waals surface area (Å²) in [5.41, 5.74) is 0.782. The Kier molecular flexibility index (Phi) is 6.41. The molecule has 1 aromatic heterocycles. The van der Waals surface area contributed by atoms with Gasteiger partial charge in [-0.05, 0) is 12.5 Å². The highest BCUT2D eigenvalue weighted by molar-refractivity contribution is 5.00. The number of hydrogen-bond acceptors (Lipinski definition) is 3. The number of H-pyrrole nitrogens is 1. The molecule has 0 aliphatic carbocycles. The van der Waals surface area contributed by atoms with Gasteiger partial charge in [0, 0.05) is 18.4 Å². The van der Waals surface area contributed by atoms with E-state index in [1.165, 1.54) is 0 Å². The maximum atomic E-state index is 12.6. The zero-order valence-corrected chi connectivity index (χ0v) is 11.4. The summed E-state index contributed by atoms with van der Waals surface area (Å²) in [7, 11) is 0. The van der Waals surface area contributed by atoms with E-state index in [1.54, 1.807) is 6.20 Å². The van der Waals surface area contributed by atoms with Crippen molar-refractivity contribution < 1.29 is 22.3 Å². The number of ether oxygens (including phenoxy) is 1. The van der Waals surface area contributed by atoms with Crippen LogP contribution in [0.25, 0.3) is 0 Å². The lowest BCUT2D eigenvalue weighted by atomic mass is 10.2. The maximum absolute atomic E-state index is 12.6. The fourth-order valence-corrected chi connectivity index (χ4v) is 1.41.